The number of allylic oxidation sites excluding steroid dienone is 1. The highest BCUT2D eigenvalue weighted by Gasteiger charge is 2.54. The van der Waals surface area contributed by atoms with Crippen molar-refractivity contribution in [1.29, 1.82) is 0 Å². The van der Waals surface area contributed by atoms with E-state index in [1.807, 2.05) is 0 Å². The van der Waals surface area contributed by atoms with E-state index in [-0.39, 0.29) is 17.9 Å². The van der Waals surface area contributed by atoms with Crippen LogP contribution in [0, 0.1) is 17.8 Å². The van der Waals surface area contributed by atoms with Gasteiger partial charge in [0.05, 0.1) is 18.6 Å². The lowest BCUT2D eigenvalue weighted by molar-refractivity contribution is -0.168. The molecule has 3 atom stereocenters. The molecule has 3 unspecified atom stereocenters. The molecule has 5 nitrogen and oxygen atoms in total. The van der Waals surface area contributed by atoms with Crippen LogP contribution in [-0.4, -0.2) is 29.8 Å². The van der Waals surface area contributed by atoms with Crippen LogP contribution < -0.4 is 0 Å². The average molecular weight is 251 g/mol. The summed E-state index contributed by atoms with van der Waals surface area (Å²) >= 11 is 0. The Balaban J connectivity index is 1.65. The number of amides is 1. The quantitative estimate of drug-likeness (QED) is 0.555. The van der Waals surface area contributed by atoms with Gasteiger partial charge in [-0.15, -0.1) is 0 Å². The predicted octanol–water partition coefficient (Wildman–Crippen LogP) is 1.89. The number of rotatable bonds is 2. The Morgan fingerprint density at radius 2 is 2.28 bits per heavy atom. The van der Waals surface area contributed by atoms with Gasteiger partial charge in [0.2, 0.25) is 0 Å². The maximum absolute atomic E-state index is 12.2. The fourth-order valence-electron chi connectivity index (χ4n) is 3.32. The first-order valence-corrected chi connectivity index (χ1v) is 6.45. The monoisotopic (exact) mass is 251 g/mol. The van der Waals surface area contributed by atoms with Crippen LogP contribution >= 0.6 is 0 Å². The molecule has 5 heteroatoms. The van der Waals surface area contributed by atoms with Gasteiger partial charge in [0, 0.05) is 0 Å². The highest BCUT2D eigenvalue weighted by molar-refractivity contribution is 5.85. The number of carbonyl (C=O) groups is 2. The van der Waals surface area contributed by atoms with Crippen LogP contribution in [0.4, 0.5) is 4.79 Å². The van der Waals surface area contributed by atoms with Crippen LogP contribution in [0.15, 0.2) is 11.6 Å². The maximum atomic E-state index is 12.2. The highest BCUT2D eigenvalue weighted by atomic mass is 16.8. The minimum absolute atomic E-state index is 0.0457. The maximum Gasteiger partial charge on any atom is 0.533 e. The van der Waals surface area contributed by atoms with Gasteiger partial charge in [0.25, 0.3) is 5.91 Å². The van der Waals surface area contributed by atoms with Gasteiger partial charge < -0.3 is 9.57 Å². The molecule has 18 heavy (non-hydrogen) atoms. The fraction of sp³-hybridized carbons (Fsp3) is 0.692. The number of fused-ring (bicyclic) bond motifs is 5. The average Bonchev–Trinajstić information content (AvgIpc) is 2.92. The number of ether oxygens (including phenoxy) is 1. The largest absolute Gasteiger partial charge is 0.533 e. The van der Waals surface area contributed by atoms with E-state index in [0.717, 1.165) is 12.8 Å². The lowest BCUT2D eigenvalue weighted by Crippen LogP contribution is -2.32. The summed E-state index contributed by atoms with van der Waals surface area (Å²) < 4.78 is 4.88. The van der Waals surface area contributed by atoms with Crippen LogP contribution in [0.5, 0.6) is 0 Å². The molecule has 0 spiro atoms. The van der Waals surface area contributed by atoms with Gasteiger partial charge in [-0.3, -0.25) is 4.79 Å². The van der Waals surface area contributed by atoms with E-state index >= 15 is 0 Å². The number of hydrogen-bond donors (Lipinski definition) is 0. The van der Waals surface area contributed by atoms with E-state index in [0.29, 0.717) is 18.4 Å². The van der Waals surface area contributed by atoms with Crippen molar-refractivity contribution in [2.45, 2.75) is 32.8 Å². The van der Waals surface area contributed by atoms with Gasteiger partial charge >= 0.3 is 6.16 Å². The zero-order valence-corrected chi connectivity index (χ0v) is 10.6. The second-order valence-corrected chi connectivity index (χ2v) is 5.53. The smallest absolute Gasteiger partial charge is 0.430 e. The number of carbonyl (C=O) groups excluding carboxylic acids is 2. The Morgan fingerprint density at radius 3 is 2.94 bits per heavy atom. The van der Waals surface area contributed by atoms with Crippen molar-refractivity contribution in [2.75, 3.05) is 6.54 Å². The van der Waals surface area contributed by atoms with Crippen LogP contribution in [0.3, 0.4) is 0 Å². The number of hydroxylamine groups is 2. The normalized spacial score (nSPS) is 32.8. The molecular weight excluding hydrogens is 234 g/mol. The molecule has 0 radical (unpaired) electrons. The molecule has 3 aliphatic rings. The zero-order valence-electron chi connectivity index (χ0n) is 10.6. The van der Waals surface area contributed by atoms with Crippen molar-refractivity contribution in [3.8, 4) is 0 Å². The second-order valence-electron chi connectivity index (χ2n) is 5.53. The van der Waals surface area contributed by atoms with Crippen LogP contribution in [0.2, 0.25) is 0 Å². The van der Waals surface area contributed by atoms with E-state index in [9.17, 15) is 9.59 Å². The first kappa shape index (κ1) is 11.6. The van der Waals surface area contributed by atoms with Crippen LogP contribution in [-0.2, 0) is 14.4 Å². The molecule has 1 aliphatic heterocycles. The second kappa shape index (κ2) is 4.00. The molecule has 0 aromatic heterocycles. The van der Waals surface area contributed by atoms with Crippen molar-refractivity contribution >= 4 is 12.1 Å². The number of hydrogen-bond acceptors (Lipinski definition) is 4. The molecule has 2 bridgehead atoms. The molecule has 1 amide bonds. The molecule has 1 saturated heterocycles. The first-order valence-electron chi connectivity index (χ1n) is 6.45. The summed E-state index contributed by atoms with van der Waals surface area (Å²) in [5.41, 5.74) is 1.23. The number of nitrogens with zero attached hydrogens (tertiary/aromatic N) is 1. The van der Waals surface area contributed by atoms with Gasteiger partial charge in [-0.05, 0) is 38.5 Å². The summed E-state index contributed by atoms with van der Waals surface area (Å²) in [6, 6.07) is 0. The van der Waals surface area contributed by atoms with Gasteiger partial charge in [-0.1, -0.05) is 11.6 Å². The predicted molar refractivity (Wildman–Crippen MR) is 62.2 cm³/mol. The summed E-state index contributed by atoms with van der Waals surface area (Å²) in [4.78, 5) is 28.5. The summed E-state index contributed by atoms with van der Waals surface area (Å²) in [6.45, 7) is 4.00. The zero-order chi connectivity index (χ0) is 12.9. The minimum atomic E-state index is -0.792. The first-order chi connectivity index (χ1) is 8.56. The van der Waals surface area contributed by atoms with Crippen molar-refractivity contribution in [1.82, 2.24) is 5.06 Å². The molecule has 1 heterocycles. The Bertz CT molecular complexity index is 429. The Morgan fingerprint density at radius 1 is 1.50 bits per heavy atom. The lowest BCUT2D eigenvalue weighted by Gasteiger charge is -2.18. The van der Waals surface area contributed by atoms with Crippen molar-refractivity contribution in [2.24, 2.45) is 17.8 Å². The van der Waals surface area contributed by atoms with Gasteiger partial charge in [-0.2, -0.15) is 5.06 Å². The summed E-state index contributed by atoms with van der Waals surface area (Å²) in [6.07, 6.45) is 3.24. The molecule has 1 saturated carbocycles. The molecule has 2 aliphatic carbocycles. The van der Waals surface area contributed by atoms with Crippen molar-refractivity contribution in [3.63, 3.8) is 0 Å². The molecular formula is C13H17NO4. The van der Waals surface area contributed by atoms with Crippen molar-refractivity contribution < 1.29 is 19.2 Å². The molecule has 0 N–H and O–H groups in total. The standard InChI is InChI=1S/C13H17NO4/c1-7(2)17-13(16)18-14-6-10-8-3-4-9(5-8)11(10)12(14)15/h4,7-8,10-11H,3,5-6H2,1-2H3. The third-order valence-corrected chi connectivity index (χ3v) is 4.02. The van der Waals surface area contributed by atoms with Crippen LogP contribution in [0.1, 0.15) is 26.7 Å². The summed E-state index contributed by atoms with van der Waals surface area (Å²) in [7, 11) is 0. The third-order valence-electron chi connectivity index (χ3n) is 4.02. The summed E-state index contributed by atoms with van der Waals surface area (Å²) in [5.74, 6) is 0.748. The Kier molecular flexibility index (Phi) is 2.57. The van der Waals surface area contributed by atoms with E-state index in [2.05, 4.69) is 6.08 Å². The van der Waals surface area contributed by atoms with E-state index < -0.39 is 6.16 Å². The molecule has 0 aromatic carbocycles. The summed E-state index contributed by atoms with van der Waals surface area (Å²) in [5, 5.41) is 1.19. The SMILES string of the molecule is CC(C)OC(=O)ON1CC2C3CC=C(C3)C2C1=O. The highest BCUT2D eigenvalue weighted by Crippen LogP contribution is 2.52. The van der Waals surface area contributed by atoms with E-state index in [1.54, 1.807) is 13.8 Å². The van der Waals surface area contributed by atoms with Crippen molar-refractivity contribution in [3.05, 3.63) is 11.6 Å². The topological polar surface area (TPSA) is 55.8 Å². The van der Waals surface area contributed by atoms with Gasteiger partial charge in [0.15, 0.2) is 0 Å². The van der Waals surface area contributed by atoms with Crippen LogP contribution in [0.25, 0.3) is 0 Å². The Hall–Kier alpha value is -1.52. The fourth-order valence-corrected chi connectivity index (χ4v) is 3.32. The third kappa shape index (κ3) is 1.69. The van der Waals surface area contributed by atoms with E-state index in [1.165, 1.54) is 10.6 Å². The van der Waals surface area contributed by atoms with E-state index in [4.69, 9.17) is 9.57 Å². The molecule has 3 rings (SSSR count). The van der Waals surface area contributed by atoms with Gasteiger partial charge in [-0.25, -0.2) is 4.79 Å². The Labute approximate surface area is 106 Å². The lowest BCUT2D eigenvalue weighted by atomic mass is 9.86. The molecule has 0 aromatic rings. The van der Waals surface area contributed by atoms with Gasteiger partial charge in [0.1, 0.15) is 0 Å². The molecule has 98 valence electrons. The minimum Gasteiger partial charge on any atom is -0.430 e. The molecule has 2 fully saturated rings.